The Kier molecular flexibility index (Phi) is 3.93. The number of nitrogens with zero attached hydrogens (tertiary/aromatic N) is 1. The summed E-state index contributed by atoms with van der Waals surface area (Å²) >= 11 is 0. The molecule has 4 nitrogen and oxygen atoms in total. The van der Waals surface area contributed by atoms with Gasteiger partial charge in [0.1, 0.15) is 5.82 Å². The molecule has 1 aromatic rings. The van der Waals surface area contributed by atoms with Gasteiger partial charge in [-0.1, -0.05) is 6.07 Å². The van der Waals surface area contributed by atoms with Crippen molar-refractivity contribution in [2.45, 2.75) is 19.0 Å². The Morgan fingerprint density at radius 1 is 1.61 bits per heavy atom. The number of rotatable bonds is 4. The maximum absolute atomic E-state index is 13.7. The Hall–Kier alpha value is -1.46. The van der Waals surface area contributed by atoms with Crippen LogP contribution in [0.5, 0.6) is 0 Å². The molecule has 5 heteroatoms. The van der Waals surface area contributed by atoms with Gasteiger partial charge in [0.25, 0.3) is 0 Å². The number of carbonyl (C=O) groups excluding carboxylic acids is 1. The molecule has 1 heterocycles. The quantitative estimate of drug-likeness (QED) is 0.829. The summed E-state index contributed by atoms with van der Waals surface area (Å²) < 4.78 is 13.7. The number of likely N-dealkylation sites (tertiary alicyclic amines) is 1. The van der Waals surface area contributed by atoms with E-state index >= 15 is 0 Å². The average Bonchev–Trinajstić information content (AvgIpc) is 2.73. The molecule has 3 N–H and O–H groups in total. The highest BCUT2D eigenvalue weighted by molar-refractivity contribution is 5.92. The van der Waals surface area contributed by atoms with Gasteiger partial charge in [0.2, 0.25) is 5.91 Å². The third-order valence-corrected chi connectivity index (χ3v) is 3.31. The fraction of sp³-hybridized carbons (Fsp3) is 0.462. The molecule has 0 aromatic heterocycles. The first-order valence-corrected chi connectivity index (χ1v) is 6.06. The Balaban J connectivity index is 1.95. The van der Waals surface area contributed by atoms with Gasteiger partial charge in [-0.25, -0.2) is 4.39 Å². The molecule has 0 spiro atoms. The van der Waals surface area contributed by atoms with E-state index in [1.54, 1.807) is 12.1 Å². The van der Waals surface area contributed by atoms with E-state index in [1.807, 2.05) is 0 Å². The van der Waals surface area contributed by atoms with Gasteiger partial charge in [-0.05, 0) is 32.1 Å². The molecular formula is C13H18FN3O. The maximum Gasteiger partial charge on any atom is 0.248 e. The van der Waals surface area contributed by atoms with Crippen molar-refractivity contribution in [1.29, 1.82) is 0 Å². The zero-order chi connectivity index (χ0) is 13.1. The lowest BCUT2D eigenvalue weighted by Gasteiger charge is -2.13. The molecule has 0 aliphatic carbocycles. The SMILES string of the molecule is CN1CCC(NCc2ccc(C(N)=O)cc2F)C1. The lowest BCUT2D eigenvalue weighted by molar-refractivity contribution is 0.1000. The standard InChI is InChI=1S/C13H18FN3O/c1-17-5-4-11(8-17)16-7-10-3-2-9(13(15)18)6-12(10)14/h2-3,6,11,16H,4-5,7-8H2,1H3,(H2,15,18). The molecule has 1 unspecified atom stereocenters. The monoisotopic (exact) mass is 251 g/mol. The highest BCUT2D eigenvalue weighted by Crippen LogP contribution is 2.12. The molecule has 0 saturated carbocycles. The van der Waals surface area contributed by atoms with E-state index in [9.17, 15) is 9.18 Å². The summed E-state index contributed by atoms with van der Waals surface area (Å²) in [5, 5.41) is 3.32. The Labute approximate surface area is 106 Å². The molecule has 2 rings (SSSR count). The normalized spacial score (nSPS) is 20.2. The van der Waals surface area contributed by atoms with Crippen LogP contribution in [0.2, 0.25) is 0 Å². The van der Waals surface area contributed by atoms with Gasteiger partial charge in [0.15, 0.2) is 0 Å². The van der Waals surface area contributed by atoms with Gasteiger partial charge in [-0.15, -0.1) is 0 Å². The number of amides is 1. The van der Waals surface area contributed by atoms with Gasteiger partial charge in [-0.2, -0.15) is 0 Å². The lowest BCUT2D eigenvalue weighted by atomic mass is 10.1. The molecule has 1 amide bonds. The first kappa shape index (κ1) is 13.0. The van der Waals surface area contributed by atoms with Crippen molar-refractivity contribution in [3.05, 3.63) is 35.1 Å². The van der Waals surface area contributed by atoms with Gasteiger partial charge in [-0.3, -0.25) is 4.79 Å². The van der Waals surface area contributed by atoms with E-state index in [4.69, 9.17) is 5.73 Å². The molecule has 1 aliphatic heterocycles. The summed E-state index contributed by atoms with van der Waals surface area (Å²) in [6.45, 7) is 2.53. The van der Waals surface area contributed by atoms with Gasteiger partial charge in [0.05, 0.1) is 0 Å². The summed E-state index contributed by atoms with van der Waals surface area (Å²) in [5.74, 6) is -0.990. The molecule has 1 aliphatic rings. The zero-order valence-electron chi connectivity index (χ0n) is 10.4. The number of halogens is 1. The first-order chi connectivity index (χ1) is 8.56. The number of hydrogen-bond donors (Lipinski definition) is 2. The fourth-order valence-electron chi connectivity index (χ4n) is 2.20. The third kappa shape index (κ3) is 3.05. The number of benzene rings is 1. The number of nitrogens with one attached hydrogen (secondary N) is 1. The summed E-state index contributed by atoms with van der Waals surface area (Å²) in [6.07, 6.45) is 1.08. The van der Waals surface area contributed by atoms with E-state index < -0.39 is 5.91 Å². The zero-order valence-corrected chi connectivity index (χ0v) is 10.4. The van der Waals surface area contributed by atoms with E-state index in [1.165, 1.54) is 6.07 Å². The summed E-state index contributed by atoms with van der Waals surface area (Å²) in [6, 6.07) is 4.77. The van der Waals surface area contributed by atoms with Crippen molar-refractivity contribution < 1.29 is 9.18 Å². The highest BCUT2D eigenvalue weighted by atomic mass is 19.1. The van der Waals surface area contributed by atoms with Crippen LogP contribution in [0, 0.1) is 5.82 Å². The maximum atomic E-state index is 13.7. The van der Waals surface area contributed by atoms with Crippen molar-refractivity contribution in [2.75, 3.05) is 20.1 Å². The average molecular weight is 251 g/mol. The second-order valence-electron chi connectivity index (χ2n) is 4.80. The summed E-state index contributed by atoms with van der Waals surface area (Å²) in [7, 11) is 2.07. The molecule has 18 heavy (non-hydrogen) atoms. The molecular weight excluding hydrogens is 233 g/mol. The van der Waals surface area contributed by atoms with E-state index in [2.05, 4.69) is 17.3 Å². The smallest absolute Gasteiger partial charge is 0.248 e. The molecule has 1 aromatic carbocycles. The minimum absolute atomic E-state index is 0.205. The predicted molar refractivity (Wildman–Crippen MR) is 67.7 cm³/mol. The summed E-state index contributed by atoms with van der Waals surface area (Å²) in [4.78, 5) is 13.1. The van der Waals surface area contributed by atoms with Crippen molar-refractivity contribution in [3.8, 4) is 0 Å². The molecule has 1 fully saturated rings. The van der Waals surface area contributed by atoms with Crippen molar-refractivity contribution in [3.63, 3.8) is 0 Å². The third-order valence-electron chi connectivity index (χ3n) is 3.31. The highest BCUT2D eigenvalue weighted by Gasteiger charge is 2.19. The molecule has 0 radical (unpaired) electrons. The van der Waals surface area contributed by atoms with Crippen LogP contribution in [0.15, 0.2) is 18.2 Å². The molecule has 0 bridgehead atoms. The second kappa shape index (κ2) is 5.46. The van der Waals surface area contributed by atoms with Crippen LogP contribution in [0.4, 0.5) is 4.39 Å². The summed E-state index contributed by atoms with van der Waals surface area (Å²) in [5.41, 5.74) is 5.86. The Bertz CT molecular complexity index is 450. The van der Waals surface area contributed by atoms with Crippen LogP contribution >= 0.6 is 0 Å². The molecule has 98 valence electrons. The minimum Gasteiger partial charge on any atom is -0.366 e. The minimum atomic E-state index is -0.606. The molecule has 1 saturated heterocycles. The number of primary amides is 1. The van der Waals surface area contributed by atoms with Crippen LogP contribution in [0.3, 0.4) is 0 Å². The van der Waals surface area contributed by atoms with Gasteiger partial charge in [0, 0.05) is 30.3 Å². The number of likely N-dealkylation sites (N-methyl/N-ethyl adjacent to an activating group) is 1. The van der Waals surface area contributed by atoms with Crippen molar-refractivity contribution in [2.24, 2.45) is 5.73 Å². The molecule has 1 atom stereocenters. The first-order valence-electron chi connectivity index (χ1n) is 6.06. The van der Waals surface area contributed by atoms with Gasteiger partial charge >= 0.3 is 0 Å². The second-order valence-corrected chi connectivity index (χ2v) is 4.80. The number of nitrogens with two attached hydrogens (primary N) is 1. The Morgan fingerprint density at radius 2 is 2.39 bits per heavy atom. The van der Waals surface area contributed by atoms with Crippen molar-refractivity contribution >= 4 is 5.91 Å². The van der Waals surface area contributed by atoms with E-state index in [0.717, 1.165) is 19.5 Å². The van der Waals surface area contributed by atoms with Crippen LogP contribution in [-0.2, 0) is 6.54 Å². The number of carbonyl (C=O) groups is 1. The van der Waals surface area contributed by atoms with Crippen LogP contribution < -0.4 is 11.1 Å². The van der Waals surface area contributed by atoms with E-state index in [0.29, 0.717) is 18.2 Å². The van der Waals surface area contributed by atoms with Crippen LogP contribution in [0.25, 0.3) is 0 Å². The number of hydrogen-bond acceptors (Lipinski definition) is 3. The van der Waals surface area contributed by atoms with Crippen LogP contribution in [0.1, 0.15) is 22.3 Å². The largest absolute Gasteiger partial charge is 0.366 e. The van der Waals surface area contributed by atoms with Crippen LogP contribution in [-0.4, -0.2) is 37.0 Å². The van der Waals surface area contributed by atoms with Crippen molar-refractivity contribution in [1.82, 2.24) is 10.2 Å². The Morgan fingerprint density at radius 3 is 2.94 bits per heavy atom. The van der Waals surface area contributed by atoms with E-state index in [-0.39, 0.29) is 11.4 Å². The topological polar surface area (TPSA) is 58.4 Å². The van der Waals surface area contributed by atoms with Gasteiger partial charge < -0.3 is 16.0 Å². The fourth-order valence-corrected chi connectivity index (χ4v) is 2.20. The predicted octanol–water partition coefficient (Wildman–Crippen LogP) is 0.718. The lowest BCUT2D eigenvalue weighted by Crippen LogP contribution is -2.31.